The second-order valence-corrected chi connectivity index (χ2v) is 5.27. The van der Waals surface area contributed by atoms with Gasteiger partial charge in [0.05, 0.1) is 32.7 Å². The van der Waals surface area contributed by atoms with Gasteiger partial charge in [0.25, 0.3) is 0 Å². The summed E-state index contributed by atoms with van der Waals surface area (Å²) in [5.74, 6) is -0.0161. The van der Waals surface area contributed by atoms with Crippen molar-refractivity contribution in [3.05, 3.63) is 12.2 Å². The van der Waals surface area contributed by atoms with E-state index in [-0.39, 0.29) is 29.9 Å². The van der Waals surface area contributed by atoms with Crippen LogP contribution in [0.4, 0.5) is 0 Å². The highest BCUT2D eigenvalue weighted by atomic mass is 127. The number of quaternary nitrogens is 1. The van der Waals surface area contributed by atoms with Gasteiger partial charge in [-0.15, -0.1) is 0 Å². The summed E-state index contributed by atoms with van der Waals surface area (Å²) in [7, 11) is 0. The highest BCUT2D eigenvalue weighted by Gasteiger charge is 2.24. The van der Waals surface area contributed by atoms with Crippen LogP contribution in [-0.2, 0) is 4.79 Å². The maximum atomic E-state index is 11.5. The Hall–Kier alpha value is -0.100. The molecule has 3 nitrogen and oxygen atoms in total. The lowest BCUT2D eigenvalue weighted by molar-refractivity contribution is -0.927. The van der Waals surface area contributed by atoms with Gasteiger partial charge in [0.1, 0.15) is 0 Å². The average molecular weight is 382 g/mol. The largest absolute Gasteiger partial charge is 1.00 e. The van der Waals surface area contributed by atoms with E-state index in [0.29, 0.717) is 5.57 Å². The molecule has 0 fully saturated rings. The second-order valence-electron chi connectivity index (χ2n) is 5.27. The van der Waals surface area contributed by atoms with E-state index in [0.717, 1.165) is 17.6 Å². The third-order valence-electron chi connectivity index (χ3n) is 3.35. The first-order valence-electron chi connectivity index (χ1n) is 7.30. The van der Waals surface area contributed by atoms with Gasteiger partial charge < -0.3 is 33.8 Å². The van der Waals surface area contributed by atoms with E-state index < -0.39 is 0 Å². The summed E-state index contributed by atoms with van der Waals surface area (Å²) in [5, 5.41) is 2.96. The molecule has 0 aromatic heterocycles. The molecule has 114 valence electrons. The van der Waals surface area contributed by atoms with E-state index in [1.54, 1.807) is 6.92 Å². The molecule has 0 spiro atoms. The Morgan fingerprint density at radius 3 is 1.74 bits per heavy atom. The molecule has 0 saturated carbocycles. The predicted molar refractivity (Wildman–Crippen MR) is 78.4 cm³/mol. The minimum atomic E-state index is -0.0161. The monoisotopic (exact) mass is 382 g/mol. The molecular formula is C15H31IN2O. The first-order valence-corrected chi connectivity index (χ1v) is 7.30. The zero-order valence-electron chi connectivity index (χ0n) is 13.1. The van der Waals surface area contributed by atoms with Crippen LogP contribution in [0.3, 0.4) is 0 Å². The van der Waals surface area contributed by atoms with Crippen molar-refractivity contribution in [1.29, 1.82) is 0 Å². The fourth-order valence-corrected chi connectivity index (χ4v) is 2.65. The van der Waals surface area contributed by atoms with E-state index in [2.05, 4.69) is 32.7 Å². The molecule has 0 aliphatic carbocycles. The zero-order valence-corrected chi connectivity index (χ0v) is 15.3. The van der Waals surface area contributed by atoms with Crippen LogP contribution >= 0.6 is 0 Å². The van der Waals surface area contributed by atoms with Crippen LogP contribution in [0.1, 0.15) is 47.0 Å². The molecule has 19 heavy (non-hydrogen) atoms. The molecule has 0 aromatic carbocycles. The van der Waals surface area contributed by atoms with E-state index in [9.17, 15) is 4.79 Å². The van der Waals surface area contributed by atoms with Crippen LogP contribution in [0, 0.1) is 0 Å². The van der Waals surface area contributed by atoms with Gasteiger partial charge in [0, 0.05) is 5.57 Å². The summed E-state index contributed by atoms with van der Waals surface area (Å²) in [6.07, 6.45) is 3.61. The van der Waals surface area contributed by atoms with E-state index in [4.69, 9.17) is 0 Å². The molecule has 0 unspecified atom stereocenters. The van der Waals surface area contributed by atoms with Gasteiger partial charge in [0.2, 0.25) is 5.91 Å². The van der Waals surface area contributed by atoms with Crippen molar-refractivity contribution in [2.24, 2.45) is 0 Å². The molecule has 0 saturated heterocycles. The summed E-state index contributed by atoms with van der Waals surface area (Å²) < 4.78 is 1.14. The quantitative estimate of drug-likeness (QED) is 0.315. The maximum Gasteiger partial charge on any atom is 0.246 e. The predicted octanol–water partition coefficient (Wildman–Crippen LogP) is -0.270. The Bertz CT molecular complexity index is 250. The van der Waals surface area contributed by atoms with Crippen LogP contribution < -0.4 is 29.3 Å². The van der Waals surface area contributed by atoms with Crippen LogP contribution in [-0.4, -0.2) is 43.1 Å². The highest BCUT2D eigenvalue weighted by molar-refractivity contribution is 5.91. The summed E-state index contributed by atoms with van der Waals surface area (Å²) in [5.41, 5.74) is 0.592. The molecule has 4 heteroatoms. The lowest BCUT2D eigenvalue weighted by Gasteiger charge is -2.38. The zero-order chi connectivity index (χ0) is 14.0. The van der Waals surface area contributed by atoms with Gasteiger partial charge in [0.15, 0.2) is 0 Å². The van der Waals surface area contributed by atoms with Gasteiger partial charge in [-0.1, -0.05) is 27.4 Å². The van der Waals surface area contributed by atoms with E-state index >= 15 is 0 Å². The Balaban J connectivity index is 0. The maximum absolute atomic E-state index is 11.5. The molecule has 1 amide bonds. The fourth-order valence-electron chi connectivity index (χ4n) is 2.65. The number of nitrogens with zero attached hydrogens (tertiary/aromatic N) is 1. The molecule has 1 N–H and O–H groups in total. The molecule has 0 aromatic rings. The second kappa shape index (κ2) is 11.7. The minimum absolute atomic E-state index is 0. The smallest absolute Gasteiger partial charge is 0.246 e. The Morgan fingerprint density at radius 2 is 1.42 bits per heavy atom. The Labute approximate surface area is 136 Å². The SMILES string of the molecule is C=C(C)C(=O)NCC[N+](CCC)(CCC)CCC.[I-]. The Kier molecular flexibility index (Phi) is 13.1. The first-order chi connectivity index (χ1) is 8.51. The number of nitrogens with one attached hydrogen (secondary N) is 1. The van der Waals surface area contributed by atoms with Crippen molar-refractivity contribution in [3.63, 3.8) is 0 Å². The number of hydrogen-bond donors (Lipinski definition) is 1. The Morgan fingerprint density at radius 1 is 1.00 bits per heavy atom. The number of hydrogen-bond acceptors (Lipinski definition) is 1. The lowest BCUT2D eigenvalue weighted by Crippen LogP contribution is -3.00. The first kappa shape index (κ1) is 21.2. The fraction of sp³-hybridized carbons (Fsp3) is 0.800. The van der Waals surface area contributed by atoms with E-state index in [1.165, 1.54) is 38.9 Å². The van der Waals surface area contributed by atoms with Crippen molar-refractivity contribution >= 4 is 5.91 Å². The van der Waals surface area contributed by atoms with Crippen LogP contribution in [0.15, 0.2) is 12.2 Å². The highest BCUT2D eigenvalue weighted by Crippen LogP contribution is 2.11. The normalized spacial score (nSPS) is 10.7. The molecular weight excluding hydrogens is 351 g/mol. The molecule has 0 radical (unpaired) electrons. The average Bonchev–Trinajstić information content (AvgIpc) is 2.29. The van der Waals surface area contributed by atoms with Crippen molar-refractivity contribution in [2.45, 2.75) is 47.0 Å². The summed E-state index contributed by atoms with van der Waals surface area (Å²) in [6.45, 7) is 17.6. The molecule has 0 heterocycles. The van der Waals surface area contributed by atoms with Gasteiger partial charge in [-0.3, -0.25) is 4.79 Å². The van der Waals surface area contributed by atoms with Crippen molar-refractivity contribution in [1.82, 2.24) is 5.32 Å². The summed E-state index contributed by atoms with van der Waals surface area (Å²) >= 11 is 0. The third kappa shape index (κ3) is 8.63. The van der Waals surface area contributed by atoms with Crippen molar-refractivity contribution < 1.29 is 33.3 Å². The minimum Gasteiger partial charge on any atom is -1.00 e. The van der Waals surface area contributed by atoms with Crippen molar-refractivity contribution in [2.75, 3.05) is 32.7 Å². The number of carbonyl (C=O) groups excluding carboxylic acids is 1. The lowest BCUT2D eigenvalue weighted by atomic mass is 10.2. The van der Waals surface area contributed by atoms with Gasteiger partial charge in [-0.2, -0.15) is 0 Å². The van der Waals surface area contributed by atoms with Crippen molar-refractivity contribution in [3.8, 4) is 0 Å². The van der Waals surface area contributed by atoms with Crippen LogP contribution in [0.2, 0.25) is 0 Å². The molecule has 0 atom stereocenters. The molecule has 0 aliphatic heterocycles. The topological polar surface area (TPSA) is 29.1 Å². The summed E-state index contributed by atoms with van der Waals surface area (Å²) in [4.78, 5) is 11.5. The number of carbonyl (C=O) groups is 1. The van der Waals surface area contributed by atoms with Crippen LogP contribution in [0.25, 0.3) is 0 Å². The van der Waals surface area contributed by atoms with Crippen LogP contribution in [0.5, 0.6) is 0 Å². The van der Waals surface area contributed by atoms with E-state index in [1.807, 2.05) is 0 Å². The third-order valence-corrected chi connectivity index (χ3v) is 3.35. The number of amides is 1. The van der Waals surface area contributed by atoms with Gasteiger partial charge >= 0.3 is 0 Å². The van der Waals surface area contributed by atoms with Gasteiger partial charge in [-0.05, 0) is 26.2 Å². The summed E-state index contributed by atoms with van der Waals surface area (Å²) in [6, 6.07) is 0. The molecule has 0 bridgehead atoms. The number of halogens is 1. The standard InChI is InChI=1S/C15H30N2O.HI/c1-6-10-17(11-7-2,12-8-3)13-9-16-15(18)14(4)5;/h4,6-13H2,1-3,5H3;1H. The number of rotatable bonds is 10. The molecule has 0 rings (SSSR count). The molecule has 0 aliphatic rings. The van der Waals surface area contributed by atoms with Gasteiger partial charge in [-0.25, -0.2) is 0 Å².